The predicted molar refractivity (Wildman–Crippen MR) is 80.1 cm³/mol. The van der Waals surface area contributed by atoms with E-state index in [0.717, 1.165) is 5.92 Å². The van der Waals surface area contributed by atoms with Crippen LogP contribution in [-0.2, 0) is 0 Å². The van der Waals surface area contributed by atoms with Gasteiger partial charge >= 0.3 is 0 Å². The smallest absolute Gasteiger partial charge is 0.0110 e. The number of hydrogen-bond donors (Lipinski definition) is 1. The van der Waals surface area contributed by atoms with Crippen molar-refractivity contribution in [3.8, 4) is 0 Å². The van der Waals surface area contributed by atoms with Crippen molar-refractivity contribution in [3.63, 3.8) is 0 Å². The largest absolute Gasteiger partial charge is 0.314 e. The van der Waals surface area contributed by atoms with Crippen LogP contribution in [0.4, 0.5) is 0 Å². The van der Waals surface area contributed by atoms with Gasteiger partial charge in [-0.1, -0.05) is 13.8 Å². The molecule has 1 saturated heterocycles. The molecule has 1 heterocycles. The first-order chi connectivity index (χ1) is 8.58. The monoisotopic (exact) mass is 255 g/mol. The third-order valence-electron chi connectivity index (χ3n) is 3.92. The van der Waals surface area contributed by atoms with Crippen LogP contribution in [0.25, 0.3) is 0 Å². The van der Waals surface area contributed by atoms with Crippen LogP contribution in [0.3, 0.4) is 0 Å². The third kappa shape index (κ3) is 7.34. The minimum atomic E-state index is 0.680. The summed E-state index contributed by atoms with van der Waals surface area (Å²) < 4.78 is 0. The van der Waals surface area contributed by atoms with Gasteiger partial charge in [0.25, 0.3) is 0 Å². The first-order valence-corrected chi connectivity index (χ1v) is 7.72. The Bertz CT molecular complexity index is 198. The summed E-state index contributed by atoms with van der Waals surface area (Å²) >= 11 is 0. The molecular formula is C15H33N3. The Kier molecular flexibility index (Phi) is 7.87. The van der Waals surface area contributed by atoms with Gasteiger partial charge in [-0.3, -0.25) is 0 Å². The molecule has 3 heteroatoms. The zero-order valence-corrected chi connectivity index (χ0v) is 12.9. The van der Waals surface area contributed by atoms with Crippen molar-refractivity contribution in [1.29, 1.82) is 0 Å². The molecule has 0 amide bonds. The number of rotatable bonds is 8. The predicted octanol–water partition coefficient (Wildman–Crippen LogP) is 2.04. The maximum absolute atomic E-state index is 3.65. The summed E-state index contributed by atoms with van der Waals surface area (Å²) in [6.07, 6.45) is 3.94. The first-order valence-electron chi connectivity index (χ1n) is 7.72. The maximum atomic E-state index is 3.65. The number of nitrogens with zero attached hydrogens (tertiary/aromatic N) is 2. The lowest BCUT2D eigenvalue weighted by Crippen LogP contribution is -2.45. The highest BCUT2D eigenvalue weighted by atomic mass is 15.2. The summed E-state index contributed by atoms with van der Waals surface area (Å²) in [5.74, 6) is 0.833. The van der Waals surface area contributed by atoms with E-state index < -0.39 is 0 Å². The summed E-state index contributed by atoms with van der Waals surface area (Å²) in [6, 6.07) is 0.680. The molecule has 0 bridgehead atoms. The van der Waals surface area contributed by atoms with E-state index in [0.29, 0.717) is 6.04 Å². The van der Waals surface area contributed by atoms with Crippen LogP contribution in [0, 0.1) is 5.92 Å². The van der Waals surface area contributed by atoms with Gasteiger partial charge in [0.2, 0.25) is 0 Å². The van der Waals surface area contributed by atoms with Gasteiger partial charge in [0.05, 0.1) is 0 Å². The maximum Gasteiger partial charge on any atom is 0.0110 e. The molecule has 0 aliphatic carbocycles. The molecule has 1 aliphatic heterocycles. The number of nitrogens with one attached hydrogen (secondary N) is 1. The Morgan fingerprint density at radius 3 is 2.28 bits per heavy atom. The fourth-order valence-corrected chi connectivity index (χ4v) is 2.41. The lowest BCUT2D eigenvalue weighted by atomic mass is 10.0. The summed E-state index contributed by atoms with van der Waals surface area (Å²) in [4.78, 5) is 5.02. The molecule has 0 aromatic rings. The third-order valence-corrected chi connectivity index (χ3v) is 3.92. The molecule has 0 saturated carbocycles. The van der Waals surface area contributed by atoms with E-state index in [1.807, 2.05) is 0 Å². The topological polar surface area (TPSA) is 18.5 Å². The standard InChI is InChI=1S/C15H33N3/c1-14(2)6-7-15(3)16-8-5-9-18-12-10-17(4)11-13-18/h14-16H,5-13H2,1-4H3. The van der Waals surface area contributed by atoms with Crippen LogP contribution in [0.1, 0.15) is 40.0 Å². The summed E-state index contributed by atoms with van der Waals surface area (Å²) in [5.41, 5.74) is 0. The summed E-state index contributed by atoms with van der Waals surface area (Å²) in [7, 11) is 2.22. The van der Waals surface area contributed by atoms with E-state index in [4.69, 9.17) is 0 Å². The van der Waals surface area contributed by atoms with Crippen LogP contribution >= 0.6 is 0 Å². The SMILES string of the molecule is CC(C)CCC(C)NCCCN1CCN(C)CC1. The van der Waals surface area contributed by atoms with Crippen LogP contribution in [-0.4, -0.2) is 62.2 Å². The van der Waals surface area contributed by atoms with E-state index in [-0.39, 0.29) is 0 Å². The molecule has 1 aliphatic rings. The van der Waals surface area contributed by atoms with Gasteiger partial charge in [-0.05, 0) is 52.2 Å². The molecule has 108 valence electrons. The Morgan fingerprint density at radius 1 is 1.00 bits per heavy atom. The molecule has 1 fully saturated rings. The highest BCUT2D eigenvalue weighted by molar-refractivity contribution is 4.70. The zero-order chi connectivity index (χ0) is 13.4. The second-order valence-corrected chi connectivity index (χ2v) is 6.32. The van der Waals surface area contributed by atoms with Gasteiger partial charge in [-0.2, -0.15) is 0 Å². The Balaban J connectivity index is 1.94. The van der Waals surface area contributed by atoms with Crippen molar-refractivity contribution < 1.29 is 0 Å². The molecule has 18 heavy (non-hydrogen) atoms. The average Bonchev–Trinajstić information content (AvgIpc) is 2.34. The van der Waals surface area contributed by atoms with Gasteiger partial charge in [0.1, 0.15) is 0 Å². The van der Waals surface area contributed by atoms with Gasteiger partial charge in [0.15, 0.2) is 0 Å². The van der Waals surface area contributed by atoms with Gasteiger partial charge in [-0.25, -0.2) is 0 Å². The molecule has 0 spiro atoms. The number of hydrogen-bond acceptors (Lipinski definition) is 3. The lowest BCUT2D eigenvalue weighted by molar-refractivity contribution is 0.152. The van der Waals surface area contributed by atoms with Crippen molar-refractivity contribution in [2.45, 2.75) is 46.1 Å². The van der Waals surface area contributed by atoms with Crippen molar-refractivity contribution in [1.82, 2.24) is 15.1 Å². The van der Waals surface area contributed by atoms with Crippen LogP contribution < -0.4 is 5.32 Å². The molecule has 1 N–H and O–H groups in total. The first kappa shape index (κ1) is 15.9. The molecule has 0 radical (unpaired) electrons. The minimum Gasteiger partial charge on any atom is -0.314 e. The Morgan fingerprint density at radius 2 is 1.67 bits per heavy atom. The molecule has 1 rings (SSSR count). The molecule has 3 nitrogen and oxygen atoms in total. The molecule has 1 unspecified atom stereocenters. The van der Waals surface area contributed by atoms with Crippen molar-refractivity contribution in [3.05, 3.63) is 0 Å². The van der Waals surface area contributed by atoms with E-state index >= 15 is 0 Å². The van der Waals surface area contributed by atoms with E-state index in [9.17, 15) is 0 Å². The molecular weight excluding hydrogens is 222 g/mol. The van der Waals surface area contributed by atoms with E-state index in [1.54, 1.807) is 0 Å². The highest BCUT2D eigenvalue weighted by Gasteiger charge is 2.12. The van der Waals surface area contributed by atoms with Crippen molar-refractivity contribution in [2.24, 2.45) is 5.92 Å². The quantitative estimate of drug-likeness (QED) is 0.670. The van der Waals surface area contributed by atoms with E-state index in [1.165, 1.54) is 58.5 Å². The molecule has 1 atom stereocenters. The lowest BCUT2D eigenvalue weighted by Gasteiger charge is -2.32. The van der Waals surface area contributed by atoms with E-state index in [2.05, 4.69) is 42.9 Å². The van der Waals surface area contributed by atoms with Crippen LogP contribution in [0.2, 0.25) is 0 Å². The van der Waals surface area contributed by atoms with Gasteiger partial charge < -0.3 is 15.1 Å². The number of piperazine rings is 1. The highest BCUT2D eigenvalue weighted by Crippen LogP contribution is 2.06. The van der Waals surface area contributed by atoms with Crippen LogP contribution in [0.15, 0.2) is 0 Å². The minimum absolute atomic E-state index is 0.680. The van der Waals surface area contributed by atoms with Gasteiger partial charge in [-0.15, -0.1) is 0 Å². The fraction of sp³-hybridized carbons (Fsp3) is 1.00. The van der Waals surface area contributed by atoms with Crippen LogP contribution in [0.5, 0.6) is 0 Å². The number of likely N-dealkylation sites (N-methyl/N-ethyl adjacent to an activating group) is 1. The average molecular weight is 255 g/mol. The van der Waals surface area contributed by atoms with Gasteiger partial charge in [0, 0.05) is 32.2 Å². The molecule has 0 aromatic carbocycles. The second kappa shape index (κ2) is 8.89. The Labute approximate surface area is 114 Å². The summed E-state index contributed by atoms with van der Waals surface area (Å²) in [6.45, 7) is 14.3. The second-order valence-electron chi connectivity index (χ2n) is 6.32. The zero-order valence-electron chi connectivity index (χ0n) is 12.9. The Hall–Kier alpha value is -0.120. The molecule has 0 aromatic heterocycles. The summed E-state index contributed by atoms with van der Waals surface area (Å²) in [5, 5.41) is 3.65. The van der Waals surface area contributed by atoms with Crippen molar-refractivity contribution >= 4 is 0 Å². The fourth-order valence-electron chi connectivity index (χ4n) is 2.41. The van der Waals surface area contributed by atoms with Crippen molar-refractivity contribution in [2.75, 3.05) is 46.3 Å². The normalized spacial score (nSPS) is 20.5.